The van der Waals surface area contributed by atoms with Gasteiger partial charge in [0.2, 0.25) is 0 Å². The topological polar surface area (TPSA) is 64.3 Å². The zero-order valence-electron chi connectivity index (χ0n) is 11.9. The molecule has 1 aliphatic heterocycles. The molecule has 1 saturated heterocycles. The lowest BCUT2D eigenvalue weighted by atomic mass is 10.0. The highest BCUT2D eigenvalue weighted by molar-refractivity contribution is 7.12. The molecule has 118 valence electrons. The lowest BCUT2D eigenvalue weighted by molar-refractivity contribution is 0.0718. The fraction of sp³-hybridized carbons (Fsp3) is 0.250. The Morgan fingerprint density at radius 1 is 1.39 bits per heavy atom. The van der Waals surface area contributed by atoms with Gasteiger partial charge in [-0.15, -0.1) is 11.3 Å². The van der Waals surface area contributed by atoms with Gasteiger partial charge in [0, 0.05) is 12.1 Å². The van der Waals surface area contributed by atoms with Gasteiger partial charge in [-0.1, -0.05) is 0 Å². The molecule has 2 unspecified atom stereocenters. The normalized spacial score (nSPS) is 20.5. The average Bonchev–Trinajstić information content (AvgIpc) is 3.15. The molecule has 1 aromatic heterocycles. The molecule has 23 heavy (non-hydrogen) atoms. The molecule has 2 atom stereocenters. The van der Waals surface area contributed by atoms with Gasteiger partial charge < -0.3 is 10.0 Å². The minimum absolute atomic E-state index is 0.0161. The van der Waals surface area contributed by atoms with E-state index in [1.165, 1.54) is 11.0 Å². The first-order chi connectivity index (χ1) is 11.0. The van der Waals surface area contributed by atoms with Gasteiger partial charge in [0.1, 0.15) is 22.6 Å². The molecule has 0 saturated carbocycles. The van der Waals surface area contributed by atoms with Gasteiger partial charge in [0.05, 0.1) is 17.7 Å². The van der Waals surface area contributed by atoms with Crippen LogP contribution >= 0.6 is 11.3 Å². The van der Waals surface area contributed by atoms with Gasteiger partial charge in [-0.3, -0.25) is 4.79 Å². The Kier molecular flexibility index (Phi) is 4.11. The molecule has 1 fully saturated rings. The van der Waals surface area contributed by atoms with Crippen LogP contribution in [0.15, 0.2) is 29.6 Å². The Morgan fingerprint density at radius 3 is 2.91 bits per heavy atom. The molecule has 0 spiro atoms. The highest BCUT2D eigenvalue weighted by atomic mass is 32.1. The van der Waals surface area contributed by atoms with Crippen LogP contribution in [0.25, 0.3) is 0 Å². The summed E-state index contributed by atoms with van der Waals surface area (Å²) in [6, 6.07) is 5.75. The molecule has 2 heterocycles. The van der Waals surface area contributed by atoms with Crippen molar-refractivity contribution in [1.82, 2.24) is 4.90 Å². The predicted octanol–water partition coefficient (Wildman–Crippen LogP) is 2.85. The number of likely N-dealkylation sites (tertiary alicyclic amines) is 1. The molecule has 0 radical (unpaired) electrons. The summed E-state index contributed by atoms with van der Waals surface area (Å²) in [4.78, 5) is 14.2. The van der Waals surface area contributed by atoms with E-state index in [9.17, 15) is 18.7 Å². The Labute approximate surface area is 135 Å². The zero-order valence-corrected chi connectivity index (χ0v) is 12.7. The Hall–Kier alpha value is -2.30. The van der Waals surface area contributed by atoms with Crippen LogP contribution in [0.5, 0.6) is 0 Å². The molecule has 0 aliphatic carbocycles. The van der Waals surface area contributed by atoms with Crippen LogP contribution in [0.4, 0.5) is 8.78 Å². The summed E-state index contributed by atoms with van der Waals surface area (Å²) in [5.41, 5.74) is 0.268. The number of nitriles is 1. The standard InChI is InChI=1S/C16H12F2N2O2S/c17-10-1-2-13(18)12(5-10)14-6-11(21)8-20(14)16(22)15-9(7-19)3-4-23-15/h1-5,11,14,21H,6,8H2. The molecule has 3 rings (SSSR count). The van der Waals surface area contributed by atoms with Gasteiger partial charge in [0.15, 0.2) is 0 Å². The molecule has 4 nitrogen and oxygen atoms in total. The number of β-amino-alcohol motifs (C(OH)–C–C–N with tert-alkyl or cyclic N) is 1. The van der Waals surface area contributed by atoms with Crippen molar-refractivity contribution >= 4 is 17.2 Å². The van der Waals surface area contributed by atoms with Gasteiger partial charge in [0.25, 0.3) is 5.91 Å². The van der Waals surface area contributed by atoms with Crippen LogP contribution in [0.3, 0.4) is 0 Å². The van der Waals surface area contributed by atoms with Crippen molar-refractivity contribution in [2.24, 2.45) is 0 Å². The lowest BCUT2D eigenvalue weighted by Crippen LogP contribution is -2.32. The van der Waals surface area contributed by atoms with Crippen molar-refractivity contribution < 1.29 is 18.7 Å². The smallest absolute Gasteiger partial charge is 0.265 e. The first-order valence-electron chi connectivity index (χ1n) is 6.93. The van der Waals surface area contributed by atoms with E-state index in [1.54, 1.807) is 5.38 Å². The van der Waals surface area contributed by atoms with Crippen LogP contribution in [0.1, 0.15) is 33.3 Å². The second-order valence-electron chi connectivity index (χ2n) is 5.30. The highest BCUT2D eigenvalue weighted by Gasteiger charge is 2.38. The number of aliphatic hydroxyl groups is 1. The molecule has 1 aliphatic rings. The highest BCUT2D eigenvalue weighted by Crippen LogP contribution is 2.36. The number of benzene rings is 1. The molecule has 2 aromatic rings. The fourth-order valence-electron chi connectivity index (χ4n) is 2.80. The van der Waals surface area contributed by atoms with Gasteiger partial charge in [-0.05, 0) is 36.1 Å². The summed E-state index contributed by atoms with van der Waals surface area (Å²) in [5, 5.41) is 20.6. The maximum atomic E-state index is 14.0. The predicted molar refractivity (Wildman–Crippen MR) is 79.8 cm³/mol. The van der Waals surface area contributed by atoms with E-state index in [2.05, 4.69) is 0 Å². The van der Waals surface area contributed by atoms with Crippen molar-refractivity contribution in [1.29, 1.82) is 5.26 Å². The first-order valence-corrected chi connectivity index (χ1v) is 7.80. The molecule has 1 N–H and O–H groups in total. The minimum atomic E-state index is -0.822. The van der Waals surface area contributed by atoms with Gasteiger partial charge >= 0.3 is 0 Å². The minimum Gasteiger partial charge on any atom is -0.391 e. The van der Waals surface area contributed by atoms with Crippen LogP contribution in [0.2, 0.25) is 0 Å². The van der Waals surface area contributed by atoms with E-state index in [0.29, 0.717) is 0 Å². The van der Waals surface area contributed by atoms with Crippen molar-refractivity contribution in [2.45, 2.75) is 18.6 Å². The largest absolute Gasteiger partial charge is 0.391 e. The van der Waals surface area contributed by atoms with Crippen molar-refractivity contribution in [2.75, 3.05) is 6.54 Å². The second-order valence-corrected chi connectivity index (χ2v) is 6.22. The summed E-state index contributed by atoms with van der Waals surface area (Å²) >= 11 is 1.11. The van der Waals surface area contributed by atoms with Crippen LogP contribution in [-0.4, -0.2) is 28.6 Å². The van der Waals surface area contributed by atoms with E-state index in [1.807, 2.05) is 6.07 Å². The SMILES string of the molecule is N#Cc1ccsc1C(=O)N1CC(O)CC1c1cc(F)ccc1F. The molecular weight excluding hydrogens is 322 g/mol. The Balaban J connectivity index is 1.99. The number of aliphatic hydroxyl groups excluding tert-OH is 1. The lowest BCUT2D eigenvalue weighted by Gasteiger charge is -2.24. The summed E-state index contributed by atoms with van der Waals surface area (Å²) in [5.74, 6) is -1.69. The quantitative estimate of drug-likeness (QED) is 0.918. The second kappa shape index (κ2) is 6.07. The molecule has 7 heteroatoms. The molecule has 1 aromatic carbocycles. The number of halogens is 2. The maximum absolute atomic E-state index is 14.0. The molecular formula is C16H12F2N2O2S. The van der Waals surface area contributed by atoms with Crippen molar-refractivity contribution in [3.05, 3.63) is 57.3 Å². The summed E-state index contributed by atoms with van der Waals surface area (Å²) < 4.78 is 27.5. The van der Waals surface area contributed by atoms with E-state index in [-0.39, 0.29) is 29.0 Å². The number of carbonyl (C=O) groups excluding carboxylic acids is 1. The zero-order chi connectivity index (χ0) is 16.6. The Morgan fingerprint density at radius 2 is 2.17 bits per heavy atom. The van der Waals surface area contributed by atoms with Gasteiger partial charge in [-0.2, -0.15) is 5.26 Å². The fourth-order valence-corrected chi connectivity index (χ4v) is 3.60. The summed E-state index contributed by atoms with van der Waals surface area (Å²) in [7, 11) is 0. The van der Waals surface area contributed by atoms with E-state index >= 15 is 0 Å². The number of nitrogens with zero attached hydrogens (tertiary/aromatic N) is 2. The average molecular weight is 334 g/mol. The third kappa shape index (κ3) is 2.83. The van der Waals surface area contributed by atoms with Gasteiger partial charge in [-0.25, -0.2) is 8.78 Å². The Bertz CT molecular complexity index is 800. The number of hydrogen-bond donors (Lipinski definition) is 1. The first kappa shape index (κ1) is 15.6. The van der Waals surface area contributed by atoms with Crippen LogP contribution in [0, 0.1) is 23.0 Å². The number of carbonyl (C=O) groups is 1. The molecule has 1 amide bonds. The van der Waals surface area contributed by atoms with E-state index < -0.39 is 29.7 Å². The van der Waals surface area contributed by atoms with Crippen LogP contribution in [-0.2, 0) is 0 Å². The van der Waals surface area contributed by atoms with Crippen LogP contribution < -0.4 is 0 Å². The maximum Gasteiger partial charge on any atom is 0.265 e. The number of thiophene rings is 1. The van der Waals surface area contributed by atoms with Crippen molar-refractivity contribution in [3.63, 3.8) is 0 Å². The third-order valence-electron chi connectivity index (χ3n) is 3.84. The van der Waals surface area contributed by atoms with Crippen molar-refractivity contribution in [3.8, 4) is 6.07 Å². The third-order valence-corrected chi connectivity index (χ3v) is 4.74. The number of amides is 1. The summed E-state index contributed by atoms with van der Waals surface area (Å²) in [6.45, 7) is 0.0161. The number of hydrogen-bond acceptors (Lipinski definition) is 4. The summed E-state index contributed by atoms with van der Waals surface area (Å²) in [6.07, 6.45) is -0.698. The van der Waals surface area contributed by atoms with E-state index in [4.69, 9.17) is 5.26 Å². The van der Waals surface area contributed by atoms with E-state index in [0.717, 1.165) is 29.5 Å². The molecule has 0 bridgehead atoms. The number of rotatable bonds is 2. The monoisotopic (exact) mass is 334 g/mol.